The minimum atomic E-state index is -0.0355. The molecule has 5 heteroatoms. The molecule has 0 amide bonds. The zero-order valence-corrected chi connectivity index (χ0v) is 9.84. The van der Waals surface area contributed by atoms with Gasteiger partial charge >= 0.3 is 0 Å². The van der Waals surface area contributed by atoms with E-state index in [9.17, 15) is 0 Å². The third-order valence-corrected chi connectivity index (χ3v) is 2.45. The first kappa shape index (κ1) is 12.1. The van der Waals surface area contributed by atoms with Gasteiger partial charge in [-0.25, -0.2) is 0 Å². The van der Waals surface area contributed by atoms with Gasteiger partial charge in [-0.3, -0.25) is 4.68 Å². The highest BCUT2D eigenvalue weighted by Gasteiger charge is 2.21. The second-order valence-corrected chi connectivity index (χ2v) is 4.20. The molecule has 2 atom stereocenters. The zero-order chi connectivity index (χ0) is 11.4. The standard InChI is InChI=1S/C10H20N4O/c1-7(2)10(15-4)9(11)5-8-6-14(3)13-12-8/h6-7,9-10H,5,11H2,1-4H3. The maximum atomic E-state index is 6.07. The van der Waals surface area contributed by atoms with Crippen molar-refractivity contribution in [3.8, 4) is 0 Å². The van der Waals surface area contributed by atoms with Gasteiger partial charge in [0.05, 0.1) is 11.8 Å². The summed E-state index contributed by atoms with van der Waals surface area (Å²) in [6.45, 7) is 4.20. The molecule has 0 bridgehead atoms. The Kier molecular flexibility index (Phi) is 4.23. The summed E-state index contributed by atoms with van der Waals surface area (Å²) < 4.78 is 7.05. The predicted molar refractivity (Wildman–Crippen MR) is 58.3 cm³/mol. The van der Waals surface area contributed by atoms with Crippen molar-refractivity contribution < 1.29 is 4.74 Å². The minimum absolute atomic E-state index is 0.0355. The average Bonchev–Trinajstić information content (AvgIpc) is 2.51. The van der Waals surface area contributed by atoms with E-state index >= 15 is 0 Å². The van der Waals surface area contributed by atoms with E-state index in [1.807, 2.05) is 13.2 Å². The van der Waals surface area contributed by atoms with Crippen LogP contribution in [0.25, 0.3) is 0 Å². The number of hydrogen-bond acceptors (Lipinski definition) is 4. The number of methoxy groups -OCH3 is 1. The van der Waals surface area contributed by atoms with Gasteiger partial charge in [0.2, 0.25) is 0 Å². The Bertz CT molecular complexity index is 297. The van der Waals surface area contributed by atoms with Crippen LogP contribution in [0.5, 0.6) is 0 Å². The summed E-state index contributed by atoms with van der Waals surface area (Å²) in [6.07, 6.45) is 2.64. The predicted octanol–water partition coefficient (Wildman–Crippen LogP) is 0.356. The smallest absolute Gasteiger partial charge is 0.0843 e. The van der Waals surface area contributed by atoms with Crippen LogP contribution in [0.2, 0.25) is 0 Å². The van der Waals surface area contributed by atoms with E-state index in [2.05, 4.69) is 24.2 Å². The Labute approximate surface area is 90.6 Å². The fraction of sp³-hybridized carbons (Fsp3) is 0.800. The van der Waals surface area contributed by atoms with Gasteiger partial charge in [-0.05, 0) is 5.92 Å². The van der Waals surface area contributed by atoms with Crippen LogP contribution in [0.1, 0.15) is 19.5 Å². The molecule has 86 valence electrons. The van der Waals surface area contributed by atoms with Crippen molar-refractivity contribution in [2.24, 2.45) is 18.7 Å². The third-order valence-electron chi connectivity index (χ3n) is 2.45. The maximum absolute atomic E-state index is 6.07. The average molecular weight is 212 g/mol. The molecule has 1 heterocycles. The Balaban J connectivity index is 2.57. The van der Waals surface area contributed by atoms with Crippen LogP contribution in [0, 0.1) is 5.92 Å². The van der Waals surface area contributed by atoms with Gasteiger partial charge in [0.15, 0.2) is 0 Å². The lowest BCUT2D eigenvalue weighted by molar-refractivity contribution is 0.0439. The highest BCUT2D eigenvalue weighted by atomic mass is 16.5. The zero-order valence-electron chi connectivity index (χ0n) is 9.84. The molecule has 5 nitrogen and oxygen atoms in total. The molecule has 1 aromatic heterocycles. The van der Waals surface area contributed by atoms with Crippen molar-refractivity contribution in [3.63, 3.8) is 0 Å². The molecule has 1 rings (SSSR count). The first-order valence-electron chi connectivity index (χ1n) is 5.18. The summed E-state index contributed by atoms with van der Waals surface area (Å²) in [5.41, 5.74) is 6.98. The lowest BCUT2D eigenvalue weighted by Gasteiger charge is -2.25. The molecule has 0 aromatic carbocycles. The Morgan fingerprint density at radius 2 is 2.20 bits per heavy atom. The summed E-state index contributed by atoms with van der Waals surface area (Å²) in [7, 11) is 3.54. The Morgan fingerprint density at radius 1 is 1.53 bits per heavy atom. The van der Waals surface area contributed by atoms with Crippen molar-refractivity contribution in [1.29, 1.82) is 0 Å². The van der Waals surface area contributed by atoms with Crippen LogP contribution in [-0.2, 0) is 18.2 Å². The van der Waals surface area contributed by atoms with Crippen LogP contribution >= 0.6 is 0 Å². The van der Waals surface area contributed by atoms with E-state index in [0.29, 0.717) is 12.3 Å². The number of nitrogens with zero attached hydrogens (tertiary/aromatic N) is 3. The molecule has 0 radical (unpaired) electrons. The molecular formula is C10H20N4O. The van der Waals surface area contributed by atoms with Gasteiger partial charge < -0.3 is 10.5 Å². The van der Waals surface area contributed by atoms with Crippen LogP contribution in [0.4, 0.5) is 0 Å². The summed E-state index contributed by atoms with van der Waals surface area (Å²) in [5.74, 6) is 0.404. The molecule has 0 aliphatic heterocycles. The molecule has 2 unspecified atom stereocenters. The molecular weight excluding hydrogens is 192 g/mol. The van der Waals surface area contributed by atoms with E-state index in [1.54, 1.807) is 11.8 Å². The molecule has 0 fully saturated rings. The molecule has 0 saturated heterocycles. The highest BCUT2D eigenvalue weighted by Crippen LogP contribution is 2.11. The van der Waals surface area contributed by atoms with E-state index < -0.39 is 0 Å². The fourth-order valence-corrected chi connectivity index (χ4v) is 1.79. The summed E-state index contributed by atoms with van der Waals surface area (Å²) in [4.78, 5) is 0. The molecule has 1 aromatic rings. The molecule has 0 aliphatic carbocycles. The van der Waals surface area contributed by atoms with Gasteiger partial charge in [-0.2, -0.15) is 0 Å². The van der Waals surface area contributed by atoms with E-state index in [0.717, 1.165) is 5.69 Å². The Morgan fingerprint density at radius 3 is 2.60 bits per heavy atom. The summed E-state index contributed by atoms with van der Waals surface area (Å²) in [6, 6.07) is -0.0355. The fourth-order valence-electron chi connectivity index (χ4n) is 1.79. The number of rotatable bonds is 5. The molecule has 0 aliphatic rings. The minimum Gasteiger partial charge on any atom is -0.380 e. The van der Waals surface area contributed by atoms with Crippen molar-refractivity contribution in [1.82, 2.24) is 15.0 Å². The normalized spacial score (nSPS) is 15.6. The SMILES string of the molecule is COC(C(C)C)C(N)Cc1cn(C)nn1. The van der Waals surface area contributed by atoms with E-state index in [4.69, 9.17) is 10.5 Å². The quantitative estimate of drug-likeness (QED) is 0.765. The number of aromatic nitrogens is 3. The van der Waals surface area contributed by atoms with Crippen LogP contribution in [0.3, 0.4) is 0 Å². The number of aryl methyl sites for hydroxylation is 1. The monoisotopic (exact) mass is 212 g/mol. The van der Waals surface area contributed by atoms with Crippen molar-refractivity contribution >= 4 is 0 Å². The summed E-state index contributed by atoms with van der Waals surface area (Å²) in [5, 5.41) is 7.88. The molecule has 2 N–H and O–H groups in total. The van der Waals surface area contributed by atoms with Gasteiger partial charge in [-0.1, -0.05) is 19.1 Å². The first-order valence-corrected chi connectivity index (χ1v) is 5.18. The Hall–Kier alpha value is -0.940. The second-order valence-electron chi connectivity index (χ2n) is 4.20. The summed E-state index contributed by atoms with van der Waals surface area (Å²) >= 11 is 0. The van der Waals surface area contributed by atoms with Gasteiger partial charge in [-0.15, -0.1) is 5.10 Å². The van der Waals surface area contributed by atoms with Crippen LogP contribution in [-0.4, -0.2) is 34.2 Å². The van der Waals surface area contributed by atoms with E-state index in [1.165, 1.54) is 0 Å². The van der Waals surface area contributed by atoms with Crippen LogP contribution < -0.4 is 5.73 Å². The van der Waals surface area contributed by atoms with Crippen molar-refractivity contribution in [2.75, 3.05) is 7.11 Å². The van der Waals surface area contributed by atoms with Crippen LogP contribution in [0.15, 0.2) is 6.20 Å². The highest BCUT2D eigenvalue weighted by molar-refractivity contribution is 4.97. The molecule has 0 saturated carbocycles. The van der Waals surface area contributed by atoms with Crippen molar-refractivity contribution in [3.05, 3.63) is 11.9 Å². The lowest BCUT2D eigenvalue weighted by Crippen LogP contribution is -2.41. The lowest BCUT2D eigenvalue weighted by atomic mass is 9.97. The molecule has 0 spiro atoms. The number of nitrogens with two attached hydrogens (primary N) is 1. The third kappa shape index (κ3) is 3.28. The maximum Gasteiger partial charge on any atom is 0.0843 e. The van der Waals surface area contributed by atoms with Gasteiger partial charge in [0, 0.05) is 32.8 Å². The second kappa shape index (κ2) is 5.23. The number of ether oxygens (including phenoxy) is 1. The van der Waals surface area contributed by atoms with Crippen molar-refractivity contribution in [2.45, 2.75) is 32.4 Å². The number of hydrogen-bond donors (Lipinski definition) is 1. The van der Waals surface area contributed by atoms with E-state index in [-0.39, 0.29) is 12.1 Å². The van der Waals surface area contributed by atoms with Gasteiger partial charge in [0.25, 0.3) is 0 Å². The topological polar surface area (TPSA) is 66.0 Å². The largest absolute Gasteiger partial charge is 0.380 e. The first-order chi connectivity index (χ1) is 7.04. The van der Waals surface area contributed by atoms with Gasteiger partial charge in [0.1, 0.15) is 0 Å². The molecule has 15 heavy (non-hydrogen) atoms.